The number of ether oxygens (including phenoxy) is 1. The highest BCUT2D eigenvalue weighted by molar-refractivity contribution is 5.95. The minimum atomic E-state index is -0.133. The summed E-state index contributed by atoms with van der Waals surface area (Å²) in [5.41, 5.74) is 1.98. The number of carbonyl (C=O) groups is 1. The highest BCUT2D eigenvalue weighted by Gasteiger charge is 2.14. The summed E-state index contributed by atoms with van der Waals surface area (Å²) >= 11 is 0. The number of amides is 1. The molecule has 0 radical (unpaired) electrons. The Morgan fingerprint density at radius 3 is 2.35 bits per heavy atom. The first-order valence-electron chi connectivity index (χ1n) is 7.86. The molecule has 0 unspecified atom stereocenters. The minimum absolute atomic E-state index is 0.132. The van der Waals surface area contributed by atoms with Crippen LogP contribution in [0.4, 0.5) is 0 Å². The maximum atomic E-state index is 12.0. The van der Waals surface area contributed by atoms with Gasteiger partial charge in [0.15, 0.2) is 0 Å². The number of aryl methyl sites for hydroxylation is 2. The van der Waals surface area contributed by atoms with Crippen LogP contribution in [-0.4, -0.2) is 19.1 Å². The van der Waals surface area contributed by atoms with Gasteiger partial charge in [0.25, 0.3) is 5.91 Å². The molecule has 0 aliphatic rings. The monoisotopic (exact) mass is 315 g/mol. The maximum absolute atomic E-state index is 12.0. The lowest BCUT2D eigenvalue weighted by atomic mass is 9.87. The van der Waals surface area contributed by atoms with Crippen LogP contribution in [0.3, 0.4) is 0 Å². The van der Waals surface area contributed by atoms with Crippen molar-refractivity contribution in [3.8, 4) is 5.75 Å². The van der Waals surface area contributed by atoms with Crippen molar-refractivity contribution in [2.75, 3.05) is 13.2 Å². The molecule has 1 N–H and O–H groups in total. The number of rotatable bonds is 5. The molecule has 2 rings (SSSR count). The van der Waals surface area contributed by atoms with E-state index < -0.39 is 0 Å². The van der Waals surface area contributed by atoms with Gasteiger partial charge in [0, 0.05) is 0 Å². The molecule has 0 aliphatic carbocycles. The highest BCUT2D eigenvalue weighted by Crippen LogP contribution is 2.24. The van der Waals surface area contributed by atoms with E-state index in [0.29, 0.717) is 24.5 Å². The summed E-state index contributed by atoms with van der Waals surface area (Å²) in [6.45, 7) is 11.0. The summed E-state index contributed by atoms with van der Waals surface area (Å²) in [7, 11) is 0. The van der Waals surface area contributed by atoms with E-state index in [9.17, 15) is 4.79 Å². The first-order valence-corrected chi connectivity index (χ1v) is 7.86. The predicted octanol–water partition coefficient (Wildman–Crippen LogP) is 4.00. The third-order valence-electron chi connectivity index (χ3n) is 3.66. The van der Waals surface area contributed by atoms with Gasteiger partial charge in [-0.05, 0) is 43.0 Å². The van der Waals surface area contributed by atoms with Crippen LogP contribution >= 0.6 is 0 Å². The summed E-state index contributed by atoms with van der Waals surface area (Å²) in [5.74, 6) is 2.05. The van der Waals surface area contributed by atoms with E-state index in [1.807, 2.05) is 19.1 Å². The zero-order valence-electron chi connectivity index (χ0n) is 14.5. The molecule has 1 aromatic heterocycles. The van der Waals surface area contributed by atoms with E-state index >= 15 is 0 Å². The van der Waals surface area contributed by atoms with Crippen molar-refractivity contribution in [3.63, 3.8) is 0 Å². The fraction of sp³-hybridized carbons (Fsp3) is 0.421. The van der Waals surface area contributed by atoms with Gasteiger partial charge in [-0.2, -0.15) is 0 Å². The van der Waals surface area contributed by atoms with Crippen LogP contribution in [0.5, 0.6) is 5.75 Å². The molecule has 0 bridgehead atoms. The molecule has 1 heterocycles. The van der Waals surface area contributed by atoms with Gasteiger partial charge in [-0.15, -0.1) is 0 Å². The Hall–Kier alpha value is -2.23. The zero-order valence-corrected chi connectivity index (χ0v) is 14.5. The van der Waals surface area contributed by atoms with Crippen molar-refractivity contribution >= 4 is 5.91 Å². The highest BCUT2D eigenvalue weighted by atomic mass is 16.5. The summed E-state index contributed by atoms with van der Waals surface area (Å²) in [6, 6.07) is 9.83. The Morgan fingerprint density at radius 2 is 1.83 bits per heavy atom. The first-order chi connectivity index (χ1) is 10.8. The Bertz CT molecular complexity index is 663. The molecule has 124 valence electrons. The first kappa shape index (κ1) is 17.1. The quantitative estimate of drug-likeness (QED) is 0.848. The molecule has 1 aromatic carbocycles. The molecule has 4 heteroatoms. The fourth-order valence-electron chi connectivity index (χ4n) is 2.34. The average molecular weight is 315 g/mol. The molecule has 4 nitrogen and oxygen atoms in total. The van der Waals surface area contributed by atoms with Crippen molar-refractivity contribution in [1.29, 1.82) is 0 Å². The molecule has 0 aliphatic heterocycles. The van der Waals surface area contributed by atoms with Gasteiger partial charge in [-0.25, -0.2) is 0 Å². The van der Waals surface area contributed by atoms with E-state index in [2.05, 4.69) is 38.2 Å². The normalized spacial score (nSPS) is 11.3. The summed E-state index contributed by atoms with van der Waals surface area (Å²) in [6.07, 6.45) is 0. The molecule has 0 fully saturated rings. The SMILES string of the molecule is Cc1cc(C(=O)NCCOc2ccc(C(C)(C)C)cc2)c(C)o1. The number of hydrogen-bond acceptors (Lipinski definition) is 3. The van der Waals surface area contributed by atoms with Crippen LogP contribution in [0.2, 0.25) is 0 Å². The van der Waals surface area contributed by atoms with Crippen LogP contribution in [0.1, 0.15) is 48.2 Å². The Kier molecular flexibility index (Phi) is 5.14. The second-order valence-electron chi connectivity index (χ2n) is 6.71. The van der Waals surface area contributed by atoms with Crippen LogP contribution in [0.15, 0.2) is 34.7 Å². The van der Waals surface area contributed by atoms with E-state index in [0.717, 1.165) is 11.5 Å². The maximum Gasteiger partial charge on any atom is 0.254 e. The third kappa shape index (κ3) is 4.62. The largest absolute Gasteiger partial charge is 0.492 e. The molecule has 2 aromatic rings. The Labute approximate surface area is 137 Å². The van der Waals surface area contributed by atoms with Crippen LogP contribution in [0.25, 0.3) is 0 Å². The molecule has 0 saturated carbocycles. The van der Waals surface area contributed by atoms with Crippen LogP contribution < -0.4 is 10.1 Å². The lowest BCUT2D eigenvalue weighted by molar-refractivity contribution is 0.0945. The number of nitrogens with one attached hydrogen (secondary N) is 1. The lowest BCUT2D eigenvalue weighted by Gasteiger charge is -2.19. The smallest absolute Gasteiger partial charge is 0.254 e. The second kappa shape index (κ2) is 6.90. The third-order valence-corrected chi connectivity index (χ3v) is 3.66. The molecule has 1 amide bonds. The number of hydrogen-bond donors (Lipinski definition) is 1. The van der Waals surface area contributed by atoms with E-state index in [4.69, 9.17) is 9.15 Å². The predicted molar refractivity (Wildman–Crippen MR) is 91.2 cm³/mol. The Balaban J connectivity index is 1.79. The molecular weight excluding hydrogens is 290 g/mol. The topological polar surface area (TPSA) is 51.5 Å². The van der Waals surface area contributed by atoms with Gasteiger partial charge in [0.1, 0.15) is 23.9 Å². The number of benzene rings is 1. The summed E-state index contributed by atoms with van der Waals surface area (Å²) in [4.78, 5) is 12.0. The molecular formula is C19H25NO3. The van der Waals surface area contributed by atoms with Crippen LogP contribution in [-0.2, 0) is 5.41 Å². The van der Waals surface area contributed by atoms with Gasteiger partial charge in [0.2, 0.25) is 0 Å². The molecule has 23 heavy (non-hydrogen) atoms. The zero-order chi connectivity index (χ0) is 17.0. The number of carbonyl (C=O) groups excluding carboxylic acids is 1. The van der Waals surface area contributed by atoms with E-state index in [1.54, 1.807) is 13.0 Å². The van der Waals surface area contributed by atoms with Crippen molar-refractivity contribution in [3.05, 3.63) is 53.0 Å². The van der Waals surface area contributed by atoms with Gasteiger partial charge >= 0.3 is 0 Å². The molecule has 0 saturated heterocycles. The summed E-state index contributed by atoms with van der Waals surface area (Å²) < 4.78 is 11.0. The van der Waals surface area contributed by atoms with Gasteiger partial charge in [-0.1, -0.05) is 32.9 Å². The number of furan rings is 1. The standard InChI is InChI=1S/C19H25NO3/c1-13-12-17(14(2)23-13)18(21)20-10-11-22-16-8-6-15(7-9-16)19(3,4)5/h6-9,12H,10-11H2,1-5H3,(H,20,21). The van der Waals surface area contributed by atoms with Crippen molar-refractivity contribution < 1.29 is 13.9 Å². The van der Waals surface area contributed by atoms with Crippen molar-refractivity contribution in [2.45, 2.75) is 40.0 Å². The van der Waals surface area contributed by atoms with E-state index in [-0.39, 0.29) is 11.3 Å². The Morgan fingerprint density at radius 1 is 1.17 bits per heavy atom. The molecule has 0 atom stereocenters. The van der Waals surface area contributed by atoms with Crippen molar-refractivity contribution in [1.82, 2.24) is 5.32 Å². The second-order valence-corrected chi connectivity index (χ2v) is 6.71. The average Bonchev–Trinajstić information content (AvgIpc) is 2.82. The fourth-order valence-corrected chi connectivity index (χ4v) is 2.34. The summed E-state index contributed by atoms with van der Waals surface area (Å²) in [5, 5.41) is 2.84. The lowest BCUT2D eigenvalue weighted by Crippen LogP contribution is -2.28. The minimum Gasteiger partial charge on any atom is -0.492 e. The molecule has 0 spiro atoms. The van der Waals surface area contributed by atoms with Gasteiger partial charge in [0.05, 0.1) is 12.1 Å². The van der Waals surface area contributed by atoms with Gasteiger partial charge < -0.3 is 14.5 Å². The van der Waals surface area contributed by atoms with Gasteiger partial charge in [-0.3, -0.25) is 4.79 Å². The van der Waals surface area contributed by atoms with E-state index in [1.165, 1.54) is 5.56 Å². The van der Waals surface area contributed by atoms with Crippen molar-refractivity contribution in [2.24, 2.45) is 0 Å². The van der Waals surface area contributed by atoms with Crippen LogP contribution in [0, 0.1) is 13.8 Å².